The van der Waals surface area contributed by atoms with Crippen LogP contribution in [-0.4, -0.2) is 42.3 Å². The number of unbranched alkanes of at least 4 members (excludes halogenated alkanes) is 3. The highest BCUT2D eigenvalue weighted by molar-refractivity contribution is 5.81. The first kappa shape index (κ1) is 25.3. The zero-order chi connectivity index (χ0) is 24.3. The Morgan fingerprint density at radius 3 is 2.21 bits per heavy atom. The fourth-order valence-corrected chi connectivity index (χ4v) is 4.36. The Labute approximate surface area is 200 Å². The minimum absolute atomic E-state index is 0.0278. The highest BCUT2D eigenvalue weighted by Crippen LogP contribution is 2.44. The third-order valence-corrected chi connectivity index (χ3v) is 6.18. The second-order valence-electron chi connectivity index (χ2n) is 8.66. The lowest BCUT2D eigenvalue weighted by atomic mass is 9.98. The van der Waals surface area contributed by atoms with Crippen LogP contribution < -0.4 is 10.6 Å². The summed E-state index contributed by atoms with van der Waals surface area (Å²) in [6.07, 6.45) is 4.26. The lowest BCUT2D eigenvalue weighted by Gasteiger charge is -2.17. The van der Waals surface area contributed by atoms with Crippen molar-refractivity contribution in [3.8, 4) is 11.1 Å². The van der Waals surface area contributed by atoms with Crippen molar-refractivity contribution in [2.24, 2.45) is 0 Å². The van der Waals surface area contributed by atoms with Gasteiger partial charge in [0.1, 0.15) is 12.6 Å². The second-order valence-corrected chi connectivity index (χ2v) is 8.66. The van der Waals surface area contributed by atoms with Crippen molar-refractivity contribution in [2.75, 3.05) is 13.2 Å². The fraction of sp³-hybridized carbons (Fsp3) is 0.444. The van der Waals surface area contributed by atoms with Crippen LogP contribution in [-0.2, 0) is 14.3 Å². The average molecular weight is 467 g/mol. The summed E-state index contributed by atoms with van der Waals surface area (Å²) in [5.41, 5.74) is 4.46. The van der Waals surface area contributed by atoms with Gasteiger partial charge in [0.15, 0.2) is 0 Å². The fourth-order valence-electron chi connectivity index (χ4n) is 4.36. The van der Waals surface area contributed by atoms with E-state index in [0.717, 1.165) is 41.5 Å². The van der Waals surface area contributed by atoms with Crippen LogP contribution in [0.25, 0.3) is 11.1 Å². The molecule has 2 aromatic rings. The Hall–Kier alpha value is -3.35. The molecular formula is C27H34N2O5. The molecule has 0 spiro atoms. The summed E-state index contributed by atoms with van der Waals surface area (Å²) in [4.78, 5) is 35.7. The lowest BCUT2D eigenvalue weighted by Crippen LogP contribution is -2.41. The Morgan fingerprint density at radius 1 is 0.941 bits per heavy atom. The molecular weight excluding hydrogens is 432 g/mol. The minimum atomic E-state index is -1.10. The Bertz CT molecular complexity index is 945. The first-order valence-electron chi connectivity index (χ1n) is 12.1. The zero-order valence-electron chi connectivity index (χ0n) is 19.7. The number of hydrogen-bond acceptors (Lipinski definition) is 4. The van der Waals surface area contributed by atoms with Crippen molar-refractivity contribution < 1.29 is 24.2 Å². The van der Waals surface area contributed by atoms with E-state index in [0.29, 0.717) is 25.8 Å². The summed E-state index contributed by atoms with van der Waals surface area (Å²) < 4.78 is 5.46. The number of alkyl carbamates (subject to hydrolysis) is 1. The molecule has 34 heavy (non-hydrogen) atoms. The molecule has 0 heterocycles. The molecule has 2 amide bonds. The molecule has 7 heteroatoms. The molecule has 0 unspecified atom stereocenters. The molecule has 0 radical (unpaired) electrons. The van der Waals surface area contributed by atoms with E-state index in [2.05, 4.69) is 29.7 Å². The Morgan fingerprint density at radius 2 is 1.59 bits per heavy atom. The van der Waals surface area contributed by atoms with E-state index in [-0.39, 0.29) is 24.9 Å². The topological polar surface area (TPSA) is 105 Å². The van der Waals surface area contributed by atoms with E-state index in [4.69, 9.17) is 4.74 Å². The predicted molar refractivity (Wildman–Crippen MR) is 131 cm³/mol. The maximum Gasteiger partial charge on any atom is 0.407 e. The van der Waals surface area contributed by atoms with Crippen LogP contribution >= 0.6 is 0 Å². The normalized spacial score (nSPS) is 13.0. The number of carboxylic acids is 1. The van der Waals surface area contributed by atoms with Gasteiger partial charge in [-0.15, -0.1) is 0 Å². The maximum absolute atomic E-state index is 12.4. The van der Waals surface area contributed by atoms with Gasteiger partial charge in [-0.25, -0.2) is 9.59 Å². The number of aliphatic carboxylic acids is 1. The van der Waals surface area contributed by atoms with Gasteiger partial charge in [-0.05, 0) is 47.9 Å². The molecule has 0 aromatic heterocycles. The summed E-state index contributed by atoms with van der Waals surface area (Å²) >= 11 is 0. The van der Waals surface area contributed by atoms with E-state index in [9.17, 15) is 19.5 Å². The van der Waals surface area contributed by atoms with Gasteiger partial charge in [-0.2, -0.15) is 0 Å². The first-order chi connectivity index (χ1) is 16.5. The van der Waals surface area contributed by atoms with Crippen molar-refractivity contribution in [1.82, 2.24) is 10.6 Å². The highest BCUT2D eigenvalue weighted by atomic mass is 16.5. The molecule has 3 N–H and O–H groups in total. The average Bonchev–Trinajstić information content (AvgIpc) is 3.15. The van der Waals surface area contributed by atoms with Gasteiger partial charge in [0.25, 0.3) is 0 Å². The van der Waals surface area contributed by atoms with Crippen LogP contribution in [0.1, 0.15) is 68.9 Å². The third kappa shape index (κ3) is 6.83. The molecule has 0 aliphatic heterocycles. The summed E-state index contributed by atoms with van der Waals surface area (Å²) in [5.74, 6) is -1.15. The maximum atomic E-state index is 12.4. The van der Waals surface area contributed by atoms with Gasteiger partial charge >= 0.3 is 12.1 Å². The van der Waals surface area contributed by atoms with Gasteiger partial charge in [0.05, 0.1) is 0 Å². The number of fused-ring (bicyclic) bond motifs is 3. The van der Waals surface area contributed by atoms with Crippen LogP contribution in [0.5, 0.6) is 0 Å². The van der Waals surface area contributed by atoms with Crippen molar-refractivity contribution in [3.05, 3.63) is 59.7 Å². The molecule has 7 nitrogen and oxygen atoms in total. The van der Waals surface area contributed by atoms with Gasteiger partial charge < -0.3 is 20.5 Å². The van der Waals surface area contributed by atoms with E-state index < -0.39 is 18.1 Å². The quantitative estimate of drug-likeness (QED) is 0.366. The van der Waals surface area contributed by atoms with Crippen molar-refractivity contribution in [3.63, 3.8) is 0 Å². The van der Waals surface area contributed by atoms with Crippen LogP contribution in [0, 0.1) is 0 Å². The molecule has 2 aromatic carbocycles. The minimum Gasteiger partial charge on any atom is -0.480 e. The number of carbonyl (C=O) groups excluding carboxylic acids is 2. The molecule has 0 saturated heterocycles. The SMILES string of the molecule is CCCCCC(=O)NCCCC[C@H](NC(=O)OCC1c2ccccc2-c2ccccc21)C(=O)O. The summed E-state index contributed by atoms with van der Waals surface area (Å²) in [5, 5.41) is 14.8. The van der Waals surface area contributed by atoms with E-state index in [1.165, 1.54) is 0 Å². The van der Waals surface area contributed by atoms with E-state index >= 15 is 0 Å². The monoisotopic (exact) mass is 466 g/mol. The largest absolute Gasteiger partial charge is 0.480 e. The number of benzene rings is 2. The smallest absolute Gasteiger partial charge is 0.407 e. The van der Waals surface area contributed by atoms with Gasteiger partial charge in [-0.1, -0.05) is 68.3 Å². The Kier molecular flexibility index (Phi) is 9.50. The molecule has 3 rings (SSSR count). The van der Waals surface area contributed by atoms with E-state index in [1.807, 2.05) is 36.4 Å². The van der Waals surface area contributed by atoms with Crippen molar-refractivity contribution >= 4 is 18.0 Å². The number of hydrogen-bond donors (Lipinski definition) is 3. The number of nitrogens with one attached hydrogen (secondary N) is 2. The standard InChI is InChI=1S/C27H34N2O5/c1-2-3-4-16-25(30)28-17-10-9-15-24(26(31)32)29-27(33)34-18-23-21-13-7-5-11-19(21)20-12-6-8-14-22(20)23/h5-8,11-14,23-24H,2-4,9-10,15-18H2,1H3,(H,28,30)(H,29,33)(H,31,32)/t24-/m0/s1. The zero-order valence-corrected chi connectivity index (χ0v) is 19.7. The molecule has 1 aliphatic carbocycles. The lowest BCUT2D eigenvalue weighted by molar-refractivity contribution is -0.139. The number of carboxylic acid groups (broad SMARTS) is 1. The molecule has 182 valence electrons. The predicted octanol–water partition coefficient (Wildman–Crippen LogP) is 4.85. The molecule has 0 bridgehead atoms. The van der Waals surface area contributed by atoms with Gasteiger partial charge in [-0.3, -0.25) is 4.79 Å². The summed E-state index contributed by atoms with van der Waals surface area (Å²) in [7, 11) is 0. The number of amides is 2. The summed E-state index contributed by atoms with van der Waals surface area (Å²) in [6.45, 7) is 2.73. The Balaban J connectivity index is 1.43. The van der Waals surface area contributed by atoms with Crippen LogP contribution in [0.2, 0.25) is 0 Å². The van der Waals surface area contributed by atoms with Crippen LogP contribution in [0.15, 0.2) is 48.5 Å². The van der Waals surface area contributed by atoms with E-state index in [1.54, 1.807) is 0 Å². The summed E-state index contributed by atoms with van der Waals surface area (Å²) in [6, 6.07) is 15.0. The second kappa shape index (κ2) is 12.8. The number of carbonyl (C=O) groups is 3. The number of ether oxygens (including phenoxy) is 1. The van der Waals surface area contributed by atoms with Crippen LogP contribution in [0.4, 0.5) is 4.79 Å². The molecule has 0 saturated carbocycles. The van der Waals surface area contributed by atoms with Gasteiger partial charge in [0.2, 0.25) is 5.91 Å². The molecule has 1 aliphatic rings. The highest BCUT2D eigenvalue weighted by Gasteiger charge is 2.29. The van der Waals surface area contributed by atoms with Crippen LogP contribution in [0.3, 0.4) is 0 Å². The van der Waals surface area contributed by atoms with Crippen molar-refractivity contribution in [1.29, 1.82) is 0 Å². The molecule has 1 atom stereocenters. The number of rotatable bonds is 13. The van der Waals surface area contributed by atoms with Crippen molar-refractivity contribution in [2.45, 2.75) is 63.8 Å². The third-order valence-electron chi connectivity index (χ3n) is 6.18. The first-order valence-corrected chi connectivity index (χ1v) is 12.1. The molecule has 0 fully saturated rings. The van der Waals surface area contributed by atoms with Gasteiger partial charge in [0, 0.05) is 18.9 Å².